The van der Waals surface area contributed by atoms with Crippen molar-refractivity contribution in [2.75, 3.05) is 0 Å². The zero-order valence-corrected chi connectivity index (χ0v) is 17.3. The van der Waals surface area contributed by atoms with Gasteiger partial charge in [-0.1, -0.05) is 54.4 Å². The first kappa shape index (κ1) is 17.4. The normalized spacial score (nSPS) is 60.8. The molecule has 138 valence electrons. The van der Waals surface area contributed by atoms with Gasteiger partial charge in [0.1, 0.15) is 0 Å². The summed E-state index contributed by atoms with van der Waals surface area (Å²) in [4.78, 5) is 0. The summed E-state index contributed by atoms with van der Waals surface area (Å²) in [6.07, 6.45) is 13.6. The molecule has 0 nitrogen and oxygen atoms in total. The van der Waals surface area contributed by atoms with Crippen molar-refractivity contribution in [3.05, 3.63) is 0 Å². The Hall–Kier alpha value is 0. The fourth-order valence-electron chi connectivity index (χ4n) is 9.16. The van der Waals surface area contributed by atoms with Gasteiger partial charge in [-0.2, -0.15) is 0 Å². The molecule has 0 heterocycles. The summed E-state index contributed by atoms with van der Waals surface area (Å²) >= 11 is 0. The predicted molar refractivity (Wildman–Crippen MR) is 104 cm³/mol. The van der Waals surface area contributed by atoms with E-state index in [0.29, 0.717) is 16.2 Å². The van der Waals surface area contributed by atoms with Gasteiger partial charge in [0.05, 0.1) is 0 Å². The largest absolute Gasteiger partial charge is 0.0622 e. The van der Waals surface area contributed by atoms with Crippen LogP contribution in [0.4, 0.5) is 0 Å². The van der Waals surface area contributed by atoms with Crippen LogP contribution in [-0.2, 0) is 0 Å². The van der Waals surface area contributed by atoms with Gasteiger partial charge in [0.25, 0.3) is 0 Å². The molecule has 4 rings (SSSR count). The van der Waals surface area contributed by atoms with Gasteiger partial charge in [-0.05, 0) is 96.7 Å². The first-order valence-corrected chi connectivity index (χ1v) is 11.2. The highest BCUT2D eigenvalue weighted by atomic mass is 14.7. The Kier molecular flexibility index (Phi) is 3.99. The van der Waals surface area contributed by atoms with E-state index in [2.05, 4.69) is 41.5 Å². The third-order valence-corrected chi connectivity index (χ3v) is 11.0. The minimum atomic E-state index is 0.607. The summed E-state index contributed by atoms with van der Waals surface area (Å²) in [6, 6.07) is 0. The molecular formula is C24H42. The van der Waals surface area contributed by atoms with Crippen LogP contribution in [0.2, 0.25) is 0 Å². The summed E-state index contributed by atoms with van der Waals surface area (Å²) in [5.74, 6) is 5.87. The van der Waals surface area contributed by atoms with Crippen molar-refractivity contribution in [3.63, 3.8) is 0 Å². The van der Waals surface area contributed by atoms with E-state index in [-0.39, 0.29) is 0 Å². The third kappa shape index (κ3) is 2.04. The molecule has 0 aliphatic heterocycles. The van der Waals surface area contributed by atoms with Crippen LogP contribution in [0.3, 0.4) is 0 Å². The van der Waals surface area contributed by atoms with Crippen molar-refractivity contribution in [2.24, 2.45) is 51.8 Å². The molecule has 0 spiro atoms. The maximum absolute atomic E-state index is 2.76. The van der Waals surface area contributed by atoms with Crippen molar-refractivity contribution < 1.29 is 0 Å². The molecule has 0 bridgehead atoms. The fraction of sp³-hybridized carbons (Fsp3) is 1.00. The lowest BCUT2D eigenvalue weighted by Gasteiger charge is -2.70. The molecule has 4 aliphatic carbocycles. The van der Waals surface area contributed by atoms with Gasteiger partial charge >= 0.3 is 0 Å². The van der Waals surface area contributed by atoms with Gasteiger partial charge in [-0.25, -0.2) is 0 Å². The van der Waals surface area contributed by atoms with E-state index in [1.54, 1.807) is 0 Å². The van der Waals surface area contributed by atoms with E-state index in [1.807, 2.05) is 0 Å². The van der Waals surface area contributed by atoms with Gasteiger partial charge in [-0.15, -0.1) is 0 Å². The summed E-state index contributed by atoms with van der Waals surface area (Å²) in [5, 5.41) is 0. The molecule has 4 aliphatic rings. The number of fused-ring (bicyclic) bond motifs is 5. The smallest absolute Gasteiger partial charge is 0.0235 e. The van der Waals surface area contributed by atoms with Crippen molar-refractivity contribution in [1.82, 2.24) is 0 Å². The molecule has 0 radical (unpaired) electrons. The first-order chi connectivity index (χ1) is 11.2. The molecule has 0 saturated heterocycles. The number of hydrogen-bond donors (Lipinski definition) is 0. The maximum atomic E-state index is 2.76. The lowest BCUT2D eigenvalue weighted by Crippen LogP contribution is -2.63. The zero-order chi connectivity index (χ0) is 17.3. The monoisotopic (exact) mass is 330 g/mol. The average Bonchev–Trinajstić information content (AvgIpc) is 2.52. The van der Waals surface area contributed by atoms with Gasteiger partial charge in [0, 0.05) is 0 Å². The SMILES string of the molecule is CC1CCC2(C)C(CCC3(C)C2CCC2C(C)CCC[C@]23C)C1C. The topological polar surface area (TPSA) is 0 Å². The quantitative estimate of drug-likeness (QED) is 0.436. The summed E-state index contributed by atoms with van der Waals surface area (Å²) in [7, 11) is 0. The van der Waals surface area contributed by atoms with Crippen LogP contribution in [0.5, 0.6) is 0 Å². The molecule has 8 unspecified atom stereocenters. The minimum absolute atomic E-state index is 0.607. The molecule has 0 aromatic carbocycles. The van der Waals surface area contributed by atoms with Gasteiger partial charge < -0.3 is 0 Å². The second-order valence-corrected chi connectivity index (χ2v) is 11.5. The maximum Gasteiger partial charge on any atom is -0.0235 e. The molecule has 4 fully saturated rings. The van der Waals surface area contributed by atoms with E-state index in [1.165, 1.54) is 57.8 Å². The van der Waals surface area contributed by atoms with E-state index in [9.17, 15) is 0 Å². The van der Waals surface area contributed by atoms with Crippen LogP contribution in [0.1, 0.15) is 99.3 Å². The van der Waals surface area contributed by atoms with Crippen molar-refractivity contribution >= 4 is 0 Å². The van der Waals surface area contributed by atoms with Gasteiger partial charge in [0.2, 0.25) is 0 Å². The summed E-state index contributed by atoms with van der Waals surface area (Å²) in [6.45, 7) is 15.9. The summed E-state index contributed by atoms with van der Waals surface area (Å²) in [5.41, 5.74) is 1.86. The standard InChI is InChI=1S/C24H42/c1-16-11-14-22(4)20(18(16)3)12-15-24(6)21(22)10-9-19-17(2)8-7-13-23(19,24)5/h16-21H,7-15H2,1-6H3/t16?,17?,18?,19?,20?,21?,22?,23-,24?/m1/s1. The van der Waals surface area contributed by atoms with Gasteiger partial charge in [0.15, 0.2) is 0 Å². The highest BCUT2D eigenvalue weighted by Gasteiger charge is 2.65. The second kappa shape index (κ2) is 5.50. The Labute approximate surface area is 151 Å². The molecule has 0 aromatic heterocycles. The van der Waals surface area contributed by atoms with Crippen molar-refractivity contribution in [3.8, 4) is 0 Å². The number of hydrogen-bond acceptors (Lipinski definition) is 0. The Balaban J connectivity index is 1.72. The predicted octanol–water partition coefficient (Wildman–Crippen LogP) is 7.33. The third-order valence-electron chi connectivity index (χ3n) is 11.0. The molecule has 0 amide bonds. The average molecular weight is 331 g/mol. The van der Waals surface area contributed by atoms with Gasteiger partial charge in [-0.3, -0.25) is 0 Å². The van der Waals surface area contributed by atoms with Crippen molar-refractivity contribution in [2.45, 2.75) is 99.3 Å². The Morgan fingerprint density at radius 1 is 0.625 bits per heavy atom. The highest BCUT2D eigenvalue weighted by molar-refractivity contribution is 5.14. The molecule has 0 aromatic rings. The Morgan fingerprint density at radius 2 is 1.38 bits per heavy atom. The lowest BCUT2D eigenvalue weighted by atomic mass is 9.34. The fourth-order valence-corrected chi connectivity index (χ4v) is 9.16. The van der Waals surface area contributed by atoms with E-state index in [4.69, 9.17) is 0 Å². The number of rotatable bonds is 0. The molecule has 4 saturated carbocycles. The van der Waals surface area contributed by atoms with Crippen LogP contribution in [-0.4, -0.2) is 0 Å². The van der Waals surface area contributed by atoms with E-state index < -0.39 is 0 Å². The second-order valence-electron chi connectivity index (χ2n) is 11.5. The summed E-state index contributed by atoms with van der Waals surface area (Å²) < 4.78 is 0. The molecule has 0 heteroatoms. The molecule has 24 heavy (non-hydrogen) atoms. The first-order valence-electron chi connectivity index (χ1n) is 11.2. The highest BCUT2D eigenvalue weighted by Crippen LogP contribution is 2.73. The van der Waals surface area contributed by atoms with Crippen LogP contribution >= 0.6 is 0 Å². The van der Waals surface area contributed by atoms with E-state index in [0.717, 1.165) is 35.5 Å². The van der Waals surface area contributed by atoms with E-state index >= 15 is 0 Å². The molecule has 0 N–H and O–H groups in total. The molecule has 9 atom stereocenters. The zero-order valence-electron chi connectivity index (χ0n) is 17.3. The Morgan fingerprint density at radius 3 is 2.12 bits per heavy atom. The van der Waals surface area contributed by atoms with Crippen LogP contribution in [0, 0.1) is 51.8 Å². The molecular weight excluding hydrogens is 288 g/mol. The van der Waals surface area contributed by atoms with Crippen LogP contribution in [0.15, 0.2) is 0 Å². The van der Waals surface area contributed by atoms with Crippen LogP contribution < -0.4 is 0 Å². The minimum Gasteiger partial charge on any atom is -0.0622 e. The lowest BCUT2D eigenvalue weighted by molar-refractivity contribution is -0.215. The van der Waals surface area contributed by atoms with Crippen LogP contribution in [0.25, 0.3) is 0 Å². The van der Waals surface area contributed by atoms with Crippen molar-refractivity contribution in [1.29, 1.82) is 0 Å². The Bertz CT molecular complexity index is 494.